The SMILES string of the molecule is CCOC(=O)C1=C(C)N=c2s/c(=C/c3cc([N+](=O)[O-])ccc3N3CCN(C)CC3)c(=O)n2[C@H]1c1cc(OC)c(OC)cc1Br. The van der Waals surface area contributed by atoms with Gasteiger partial charge in [-0.15, -0.1) is 0 Å². The molecule has 0 spiro atoms. The van der Waals surface area contributed by atoms with E-state index in [4.69, 9.17) is 14.2 Å². The van der Waals surface area contributed by atoms with Crippen LogP contribution in [0.1, 0.15) is 31.0 Å². The number of rotatable bonds is 8. The first-order valence-electron chi connectivity index (χ1n) is 13.9. The fraction of sp³-hybridized carbons (Fsp3) is 0.367. The summed E-state index contributed by atoms with van der Waals surface area (Å²) >= 11 is 4.76. The van der Waals surface area contributed by atoms with E-state index in [1.807, 2.05) is 0 Å². The van der Waals surface area contributed by atoms with Gasteiger partial charge < -0.3 is 24.0 Å². The molecule has 0 radical (unpaired) electrons. The number of hydrogen-bond donors (Lipinski definition) is 0. The number of non-ortho nitro benzene ring substituents is 1. The van der Waals surface area contributed by atoms with E-state index >= 15 is 0 Å². The average Bonchev–Trinajstić information content (AvgIpc) is 3.30. The van der Waals surface area contributed by atoms with Crippen LogP contribution in [0, 0.1) is 10.1 Å². The Morgan fingerprint density at radius 2 is 1.84 bits per heavy atom. The molecule has 3 aromatic rings. The monoisotopic (exact) mass is 685 g/mol. The van der Waals surface area contributed by atoms with Crippen molar-refractivity contribution < 1.29 is 23.9 Å². The smallest absolute Gasteiger partial charge is 0.338 e. The Kier molecular flexibility index (Phi) is 9.23. The van der Waals surface area contributed by atoms with Gasteiger partial charge in [-0.3, -0.25) is 19.5 Å². The molecule has 0 aliphatic carbocycles. The quantitative estimate of drug-likeness (QED) is 0.199. The van der Waals surface area contributed by atoms with Crippen molar-refractivity contribution in [3.05, 3.63) is 87.0 Å². The zero-order chi connectivity index (χ0) is 31.7. The van der Waals surface area contributed by atoms with E-state index in [9.17, 15) is 19.7 Å². The number of ether oxygens (including phenoxy) is 3. The number of fused-ring (bicyclic) bond motifs is 1. The number of nitrogens with zero attached hydrogens (tertiary/aromatic N) is 5. The van der Waals surface area contributed by atoms with Crippen molar-refractivity contribution in [1.82, 2.24) is 9.47 Å². The van der Waals surface area contributed by atoms with E-state index in [-0.39, 0.29) is 17.9 Å². The number of thiazole rings is 1. The molecule has 14 heteroatoms. The van der Waals surface area contributed by atoms with E-state index in [0.717, 1.165) is 43.2 Å². The Morgan fingerprint density at radius 3 is 2.48 bits per heavy atom. The van der Waals surface area contributed by atoms with Crippen LogP contribution in [0.3, 0.4) is 0 Å². The minimum absolute atomic E-state index is 0.0746. The highest BCUT2D eigenvalue weighted by molar-refractivity contribution is 9.10. The van der Waals surface area contributed by atoms with Gasteiger partial charge in [-0.2, -0.15) is 0 Å². The van der Waals surface area contributed by atoms with E-state index in [1.54, 1.807) is 38.1 Å². The number of carbonyl (C=O) groups is 1. The predicted octanol–water partition coefficient (Wildman–Crippen LogP) is 3.24. The first-order valence-corrected chi connectivity index (χ1v) is 15.5. The van der Waals surface area contributed by atoms with Crippen LogP contribution in [0.4, 0.5) is 11.4 Å². The second-order valence-corrected chi connectivity index (χ2v) is 12.2. The number of nitro groups is 1. The Labute approximate surface area is 265 Å². The number of esters is 1. The standard InChI is InChI=1S/C30H32BrN5O7S/c1-6-43-29(38)26-17(2)32-30-35(27(26)20-15-23(41-4)24(42-5)16-21(20)31)28(37)25(44-30)14-18-13-19(36(39)40)7-8-22(18)34-11-9-33(3)10-12-34/h7-8,13-16,27H,6,9-12H2,1-5H3/b25-14+/t27-/m0/s1. The molecular weight excluding hydrogens is 654 g/mol. The first-order chi connectivity index (χ1) is 21.1. The number of allylic oxidation sites excluding steroid dienone is 1. The lowest BCUT2D eigenvalue weighted by molar-refractivity contribution is -0.384. The highest BCUT2D eigenvalue weighted by Gasteiger charge is 2.35. The normalized spacial score (nSPS) is 17.3. The zero-order valence-electron chi connectivity index (χ0n) is 25.0. The molecule has 3 heterocycles. The van der Waals surface area contributed by atoms with Crippen molar-refractivity contribution in [2.75, 3.05) is 59.0 Å². The summed E-state index contributed by atoms with van der Waals surface area (Å²) in [6, 6.07) is 7.24. The molecule has 0 unspecified atom stereocenters. The summed E-state index contributed by atoms with van der Waals surface area (Å²) in [5.41, 5.74) is 2.08. The molecular formula is C30H32BrN5O7S. The van der Waals surface area contributed by atoms with Gasteiger partial charge in [0.1, 0.15) is 0 Å². The fourth-order valence-corrected chi connectivity index (χ4v) is 6.99. The van der Waals surface area contributed by atoms with Crippen molar-refractivity contribution >= 4 is 50.7 Å². The lowest BCUT2D eigenvalue weighted by Gasteiger charge is -2.34. The Bertz CT molecular complexity index is 1840. The second-order valence-electron chi connectivity index (χ2n) is 10.3. The third kappa shape index (κ3) is 5.88. The maximum Gasteiger partial charge on any atom is 0.338 e. The molecule has 232 valence electrons. The maximum absolute atomic E-state index is 14.3. The fourth-order valence-electron chi connectivity index (χ4n) is 5.41. The molecule has 2 aliphatic heterocycles. The van der Waals surface area contributed by atoms with Crippen LogP contribution in [0.2, 0.25) is 0 Å². The van der Waals surface area contributed by atoms with Crippen molar-refractivity contribution in [3.8, 4) is 11.5 Å². The lowest BCUT2D eigenvalue weighted by Crippen LogP contribution is -2.44. The largest absolute Gasteiger partial charge is 0.493 e. The summed E-state index contributed by atoms with van der Waals surface area (Å²) in [5, 5.41) is 11.7. The van der Waals surface area contributed by atoms with Gasteiger partial charge >= 0.3 is 5.97 Å². The highest BCUT2D eigenvalue weighted by atomic mass is 79.9. The first kappa shape index (κ1) is 31.4. The maximum atomic E-state index is 14.3. The van der Waals surface area contributed by atoms with E-state index in [1.165, 1.54) is 30.9 Å². The molecule has 0 saturated carbocycles. The molecule has 0 bridgehead atoms. The average molecular weight is 687 g/mol. The molecule has 5 rings (SSSR count). The number of piperazine rings is 1. The van der Waals surface area contributed by atoms with Crippen LogP contribution in [0.15, 0.2) is 55.9 Å². The van der Waals surface area contributed by atoms with E-state index in [0.29, 0.717) is 42.1 Å². The van der Waals surface area contributed by atoms with Gasteiger partial charge in [0.05, 0.1) is 47.6 Å². The number of carbonyl (C=O) groups excluding carboxylic acids is 1. The number of hydrogen-bond acceptors (Lipinski definition) is 11. The molecule has 1 saturated heterocycles. The van der Waals surface area contributed by atoms with Gasteiger partial charge in [-0.05, 0) is 50.7 Å². The third-order valence-corrected chi connectivity index (χ3v) is 9.34. The molecule has 0 N–H and O–H groups in total. The second kappa shape index (κ2) is 12.9. The topological polar surface area (TPSA) is 129 Å². The minimum Gasteiger partial charge on any atom is -0.493 e. The number of nitro benzene ring substituents is 1. The van der Waals surface area contributed by atoms with Crippen LogP contribution in [-0.4, -0.2) is 74.4 Å². The molecule has 1 aromatic heterocycles. The van der Waals surface area contributed by atoms with Crippen molar-refractivity contribution in [3.63, 3.8) is 0 Å². The summed E-state index contributed by atoms with van der Waals surface area (Å²) in [6.07, 6.45) is 1.68. The molecule has 0 amide bonds. The predicted molar refractivity (Wildman–Crippen MR) is 170 cm³/mol. The number of methoxy groups -OCH3 is 2. The summed E-state index contributed by atoms with van der Waals surface area (Å²) < 4.78 is 18.8. The van der Waals surface area contributed by atoms with Gasteiger partial charge in [-0.25, -0.2) is 9.79 Å². The summed E-state index contributed by atoms with van der Waals surface area (Å²) in [5.74, 6) is 0.292. The van der Waals surface area contributed by atoms with Gasteiger partial charge in [0, 0.05) is 54.0 Å². The number of anilines is 1. The van der Waals surface area contributed by atoms with Gasteiger partial charge in [0.15, 0.2) is 16.3 Å². The molecule has 1 atom stereocenters. The van der Waals surface area contributed by atoms with Crippen LogP contribution >= 0.6 is 27.3 Å². The molecule has 12 nitrogen and oxygen atoms in total. The number of likely N-dealkylation sites (N-methyl/N-ethyl adjacent to an activating group) is 1. The van der Waals surface area contributed by atoms with Gasteiger partial charge in [-0.1, -0.05) is 27.3 Å². The van der Waals surface area contributed by atoms with Gasteiger partial charge in [0.25, 0.3) is 11.2 Å². The third-order valence-electron chi connectivity index (χ3n) is 7.67. The van der Waals surface area contributed by atoms with Crippen LogP contribution < -0.4 is 29.3 Å². The summed E-state index contributed by atoms with van der Waals surface area (Å²) in [4.78, 5) is 48.3. The number of halogens is 1. The van der Waals surface area contributed by atoms with Crippen molar-refractivity contribution in [2.24, 2.45) is 4.99 Å². The Balaban J connectivity index is 1.74. The van der Waals surface area contributed by atoms with Crippen LogP contribution in [0.5, 0.6) is 11.5 Å². The zero-order valence-corrected chi connectivity index (χ0v) is 27.4. The van der Waals surface area contributed by atoms with E-state index in [2.05, 4.69) is 37.8 Å². The molecule has 1 fully saturated rings. The Hall–Kier alpha value is -4.01. The minimum atomic E-state index is -0.899. The van der Waals surface area contributed by atoms with Gasteiger partial charge in [0.2, 0.25) is 0 Å². The number of aromatic nitrogens is 1. The van der Waals surface area contributed by atoms with Crippen LogP contribution in [0.25, 0.3) is 6.08 Å². The van der Waals surface area contributed by atoms with E-state index < -0.39 is 22.5 Å². The highest BCUT2D eigenvalue weighted by Crippen LogP contribution is 2.41. The summed E-state index contributed by atoms with van der Waals surface area (Å²) in [6.45, 7) is 6.72. The Morgan fingerprint density at radius 1 is 1.16 bits per heavy atom. The molecule has 2 aliphatic rings. The van der Waals surface area contributed by atoms with Crippen molar-refractivity contribution in [2.45, 2.75) is 19.9 Å². The summed E-state index contributed by atoms with van der Waals surface area (Å²) in [7, 11) is 5.07. The van der Waals surface area contributed by atoms with Crippen molar-refractivity contribution in [1.29, 1.82) is 0 Å². The molecule has 2 aromatic carbocycles. The molecule has 44 heavy (non-hydrogen) atoms. The van der Waals surface area contributed by atoms with Crippen LogP contribution in [-0.2, 0) is 9.53 Å². The number of benzene rings is 2. The lowest BCUT2D eigenvalue weighted by atomic mass is 9.95.